The van der Waals surface area contributed by atoms with Crippen molar-refractivity contribution in [2.24, 2.45) is 0 Å². The third kappa shape index (κ3) is 4.78. The first-order valence-corrected chi connectivity index (χ1v) is 10.5. The van der Waals surface area contributed by atoms with Gasteiger partial charge in [0, 0.05) is 16.8 Å². The molecule has 0 radical (unpaired) electrons. The largest absolute Gasteiger partial charge is 0.465 e. The number of nitrogens with one attached hydrogen (secondary N) is 2. The molecule has 1 aliphatic carbocycles. The summed E-state index contributed by atoms with van der Waals surface area (Å²) in [6, 6.07) is 5.03. The van der Waals surface area contributed by atoms with Gasteiger partial charge in [-0.25, -0.2) is 9.18 Å². The zero-order valence-electron chi connectivity index (χ0n) is 18.5. The van der Waals surface area contributed by atoms with Crippen LogP contribution in [-0.4, -0.2) is 29.5 Å². The molecule has 0 bridgehead atoms. The van der Waals surface area contributed by atoms with Crippen LogP contribution in [0.5, 0.6) is 0 Å². The molecule has 190 valence electrons. The van der Waals surface area contributed by atoms with E-state index in [-0.39, 0.29) is 28.8 Å². The standard InChI is InChI=1S/C23H21F7N2O3/c1-3-12-10-15(21(24,22(25,26)27)23(28,29)30)8-11(2)18(12)32-19(33)14-4-6-16-13(9-14)5-7-17(16)31-20(34)35/h4,6,8-10,17,31H,3,5,7H2,1-2H3,(H,32,33)(H,34,35). The van der Waals surface area contributed by atoms with Gasteiger partial charge < -0.3 is 15.7 Å². The molecule has 1 atom stereocenters. The number of hydrogen-bond donors (Lipinski definition) is 3. The van der Waals surface area contributed by atoms with Crippen molar-refractivity contribution in [3.05, 3.63) is 63.7 Å². The Labute approximate surface area is 195 Å². The second kappa shape index (κ2) is 9.04. The summed E-state index contributed by atoms with van der Waals surface area (Å²) in [4.78, 5) is 23.7. The third-order valence-electron chi connectivity index (χ3n) is 6.00. The summed E-state index contributed by atoms with van der Waals surface area (Å²) in [7, 11) is 0. The van der Waals surface area contributed by atoms with Gasteiger partial charge >= 0.3 is 24.1 Å². The fourth-order valence-corrected chi connectivity index (χ4v) is 4.25. The summed E-state index contributed by atoms with van der Waals surface area (Å²) in [6.45, 7) is 2.62. The van der Waals surface area contributed by atoms with Crippen LogP contribution in [-0.2, 0) is 18.5 Å². The number of aryl methyl sites for hydroxylation is 3. The monoisotopic (exact) mass is 506 g/mol. The Balaban J connectivity index is 1.95. The molecule has 0 spiro atoms. The summed E-state index contributed by atoms with van der Waals surface area (Å²) < 4.78 is 93.7. The maximum absolute atomic E-state index is 14.6. The van der Waals surface area contributed by atoms with E-state index in [1.54, 1.807) is 12.1 Å². The molecule has 35 heavy (non-hydrogen) atoms. The predicted octanol–water partition coefficient (Wildman–Crippen LogP) is 6.35. The highest BCUT2D eigenvalue weighted by Gasteiger charge is 2.73. The molecule has 12 heteroatoms. The SMILES string of the molecule is CCc1cc(C(F)(C(F)(F)F)C(F)(F)F)cc(C)c1NC(=O)c1ccc2c(c1)CCC2NC(=O)O. The lowest BCUT2D eigenvalue weighted by Gasteiger charge is -2.31. The molecular formula is C23H21F7N2O3. The van der Waals surface area contributed by atoms with E-state index in [0.29, 0.717) is 30.5 Å². The van der Waals surface area contributed by atoms with E-state index in [9.17, 15) is 40.3 Å². The molecule has 1 unspecified atom stereocenters. The van der Waals surface area contributed by atoms with Crippen LogP contribution in [0.3, 0.4) is 0 Å². The molecule has 2 amide bonds. The summed E-state index contributed by atoms with van der Waals surface area (Å²) in [5.41, 5.74) is -5.87. The molecule has 0 aliphatic heterocycles. The van der Waals surface area contributed by atoms with Gasteiger partial charge in [0.05, 0.1) is 6.04 Å². The number of alkyl halides is 7. The first-order valence-electron chi connectivity index (χ1n) is 10.5. The van der Waals surface area contributed by atoms with Crippen LogP contribution in [0, 0.1) is 6.92 Å². The Bertz CT molecular complexity index is 1150. The number of halogens is 7. The second-order valence-electron chi connectivity index (χ2n) is 8.24. The number of carboxylic acid groups (broad SMARTS) is 1. The zero-order valence-corrected chi connectivity index (χ0v) is 18.5. The van der Waals surface area contributed by atoms with Gasteiger partial charge in [0.15, 0.2) is 0 Å². The Kier molecular flexibility index (Phi) is 6.80. The highest BCUT2D eigenvalue weighted by molar-refractivity contribution is 6.05. The molecule has 1 aliphatic rings. The van der Waals surface area contributed by atoms with E-state index in [1.807, 2.05) is 0 Å². The van der Waals surface area contributed by atoms with Crippen LogP contribution in [0.4, 0.5) is 41.2 Å². The number of hydrogen-bond acceptors (Lipinski definition) is 2. The fourth-order valence-electron chi connectivity index (χ4n) is 4.25. The summed E-state index contributed by atoms with van der Waals surface area (Å²) >= 11 is 0. The molecule has 3 rings (SSSR count). The minimum absolute atomic E-state index is 0.0149. The zero-order chi connectivity index (χ0) is 26.3. The van der Waals surface area contributed by atoms with Gasteiger partial charge in [0.1, 0.15) is 0 Å². The Hall–Kier alpha value is -3.31. The molecule has 0 aromatic heterocycles. The molecule has 3 N–H and O–H groups in total. The van der Waals surface area contributed by atoms with Crippen LogP contribution < -0.4 is 10.6 Å². The number of anilines is 1. The van der Waals surface area contributed by atoms with Crippen molar-refractivity contribution >= 4 is 17.7 Å². The highest BCUT2D eigenvalue weighted by atomic mass is 19.4. The quantitative estimate of drug-likeness (QED) is 0.414. The van der Waals surface area contributed by atoms with E-state index < -0.39 is 41.6 Å². The Morgan fingerprint density at radius 3 is 2.20 bits per heavy atom. The number of fused-ring (bicyclic) bond motifs is 1. The molecule has 0 saturated heterocycles. The number of carbonyl (C=O) groups excluding carboxylic acids is 1. The van der Waals surface area contributed by atoms with Gasteiger partial charge in [-0.1, -0.05) is 19.1 Å². The molecule has 0 saturated carbocycles. The lowest BCUT2D eigenvalue weighted by Crippen LogP contribution is -2.50. The second-order valence-corrected chi connectivity index (χ2v) is 8.24. The van der Waals surface area contributed by atoms with Crippen molar-refractivity contribution < 1.29 is 45.4 Å². The van der Waals surface area contributed by atoms with Crippen LogP contribution in [0.1, 0.15) is 57.6 Å². The lowest BCUT2D eigenvalue weighted by molar-refractivity contribution is -0.348. The summed E-state index contributed by atoms with van der Waals surface area (Å²) in [6.07, 6.45) is -12.8. The topological polar surface area (TPSA) is 78.4 Å². The first-order chi connectivity index (χ1) is 16.1. The van der Waals surface area contributed by atoms with Crippen molar-refractivity contribution in [1.82, 2.24) is 5.32 Å². The van der Waals surface area contributed by atoms with Gasteiger partial charge in [0.25, 0.3) is 5.91 Å². The van der Waals surface area contributed by atoms with Crippen molar-refractivity contribution in [1.29, 1.82) is 0 Å². The molecule has 0 fully saturated rings. The van der Waals surface area contributed by atoms with Gasteiger partial charge in [0.2, 0.25) is 0 Å². The molecule has 2 aromatic rings. The van der Waals surface area contributed by atoms with Crippen LogP contribution in [0.2, 0.25) is 0 Å². The fraction of sp³-hybridized carbons (Fsp3) is 0.391. The maximum atomic E-state index is 14.6. The van der Waals surface area contributed by atoms with E-state index >= 15 is 0 Å². The molecule has 0 heterocycles. The molecule has 2 aromatic carbocycles. The number of rotatable bonds is 5. The Morgan fingerprint density at radius 1 is 1.03 bits per heavy atom. The average Bonchev–Trinajstić information content (AvgIpc) is 3.13. The van der Waals surface area contributed by atoms with Gasteiger partial charge in [-0.3, -0.25) is 4.79 Å². The normalized spacial score (nSPS) is 16.1. The van der Waals surface area contributed by atoms with E-state index in [2.05, 4.69) is 10.6 Å². The van der Waals surface area contributed by atoms with Crippen molar-refractivity contribution in [3.8, 4) is 0 Å². The van der Waals surface area contributed by atoms with Crippen molar-refractivity contribution in [2.45, 2.75) is 57.2 Å². The predicted molar refractivity (Wildman–Crippen MR) is 112 cm³/mol. The third-order valence-corrected chi connectivity index (χ3v) is 6.00. The summed E-state index contributed by atoms with van der Waals surface area (Å²) in [5, 5.41) is 13.8. The minimum atomic E-state index is -6.24. The van der Waals surface area contributed by atoms with E-state index in [1.165, 1.54) is 19.9 Å². The van der Waals surface area contributed by atoms with Gasteiger partial charge in [-0.15, -0.1) is 0 Å². The molecule has 5 nitrogen and oxygen atoms in total. The number of amides is 2. The summed E-state index contributed by atoms with van der Waals surface area (Å²) in [5.74, 6) is -0.675. The maximum Gasteiger partial charge on any atom is 0.435 e. The van der Waals surface area contributed by atoms with Crippen LogP contribution in [0.15, 0.2) is 30.3 Å². The van der Waals surface area contributed by atoms with Crippen molar-refractivity contribution in [3.63, 3.8) is 0 Å². The van der Waals surface area contributed by atoms with Crippen LogP contribution >= 0.6 is 0 Å². The smallest absolute Gasteiger partial charge is 0.435 e. The minimum Gasteiger partial charge on any atom is -0.465 e. The van der Waals surface area contributed by atoms with Crippen molar-refractivity contribution in [2.75, 3.05) is 5.32 Å². The first kappa shape index (κ1) is 26.3. The number of carbonyl (C=O) groups is 2. The van der Waals surface area contributed by atoms with E-state index in [4.69, 9.17) is 5.11 Å². The Morgan fingerprint density at radius 2 is 1.66 bits per heavy atom. The lowest BCUT2D eigenvalue weighted by atomic mass is 9.89. The van der Waals surface area contributed by atoms with Crippen LogP contribution in [0.25, 0.3) is 0 Å². The highest BCUT2D eigenvalue weighted by Crippen LogP contribution is 2.54. The van der Waals surface area contributed by atoms with Gasteiger partial charge in [-0.05, 0) is 66.6 Å². The number of benzene rings is 2. The average molecular weight is 506 g/mol. The van der Waals surface area contributed by atoms with E-state index in [0.717, 1.165) is 5.56 Å². The molecular weight excluding hydrogens is 485 g/mol. The van der Waals surface area contributed by atoms with Gasteiger partial charge in [-0.2, -0.15) is 26.3 Å².